The van der Waals surface area contributed by atoms with Gasteiger partial charge in [0.15, 0.2) is 6.61 Å². The van der Waals surface area contributed by atoms with Crippen LogP contribution >= 0.6 is 0 Å². The molecule has 2 aromatic carbocycles. The summed E-state index contributed by atoms with van der Waals surface area (Å²) in [6, 6.07) is 12.7. The van der Waals surface area contributed by atoms with Crippen LogP contribution in [0.4, 0.5) is 18.9 Å². The summed E-state index contributed by atoms with van der Waals surface area (Å²) in [6.45, 7) is -0.214. The zero-order chi connectivity index (χ0) is 20.1. The number of halogens is 3. The summed E-state index contributed by atoms with van der Waals surface area (Å²) in [4.78, 5) is 25.9. The molecule has 0 aromatic heterocycles. The molecule has 0 saturated carbocycles. The highest BCUT2D eigenvalue weighted by Crippen LogP contribution is 2.27. The second-order valence-corrected chi connectivity index (χ2v) is 6.47. The van der Waals surface area contributed by atoms with Gasteiger partial charge in [0.2, 0.25) is 5.91 Å². The van der Waals surface area contributed by atoms with Crippen LogP contribution < -0.4 is 10.1 Å². The maximum atomic E-state index is 12.4. The summed E-state index contributed by atoms with van der Waals surface area (Å²) in [7, 11) is 0. The van der Waals surface area contributed by atoms with Gasteiger partial charge in [0.25, 0.3) is 5.91 Å². The van der Waals surface area contributed by atoms with Crippen LogP contribution in [-0.4, -0.2) is 36.0 Å². The minimum atomic E-state index is -4.47. The first kappa shape index (κ1) is 19.7. The van der Waals surface area contributed by atoms with E-state index in [1.807, 2.05) is 0 Å². The number of nitrogens with one attached hydrogen (secondary N) is 1. The summed E-state index contributed by atoms with van der Waals surface area (Å²) in [5, 5.41) is 2.57. The lowest BCUT2D eigenvalue weighted by atomic mass is 10.1. The number of alkyl halides is 3. The van der Waals surface area contributed by atoms with Crippen molar-refractivity contribution < 1.29 is 27.5 Å². The smallest absolute Gasteiger partial charge is 0.422 e. The van der Waals surface area contributed by atoms with Crippen molar-refractivity contribution in [2.45, 2.75) is 25.6 Å². The molecule has 1 fully saturated rings. The van der Waals surface area contributed by atoms with Crippen LogP contribution in [0.15, 0.2) is 48.5 Å². The highest BCUT2D eigenvalue weighted by molar-refractivity contribution is 6.05. The molecule has 1 heterocycles. The van der Waals surface area contributed by atoms with Crippen LogP contribution in [0.25, 0.3) is 0 Å². The highest BCUT2D eigenvalue weighted by atomic mass is 19.4. The van der Waals surface area contributed by atoms with E-state index in [9.17, 15) is 22.8 Å². The molecular weight excluding hydrogens is 373 g/mol. The number of anilines is 1. The van der Waals surface area contributed by atoms with E-state index in [0.29, 0.717) is 18.5 Å². The molecule has 5 nitrogen and oxygen atoms in total. The second kappa shape index (κ2) is 8.33. The number of likely N-dealkylation sites (tertiary alicyclic amines) is 1. The van der Waals surface area contributed by atoms with Gasteiger partial charge in [-0.2, -0.15) is 13.2 Å². The fraction of sp³-hybridized carbons (Fsp3) is 0.300. The molecule has 28 heavy (non-hydrogen) atoms. The average molecular weight is 392 g/mol. The molecule has 2 amide bonds. The summed E-state index contributed by atoms with van der Waals surface area (Å²) >= 11 is 0. The number of hydrogen-bond acceptors (Lipinski definition) is 3. The van der Waals surface area contributed by atoms with Crippen LogP contribution in [0.3, 0.4) is 0 Å². The topological polar surface area (TPSA) is 58.6 Å². The monoisotopic (exact) mass is 392 g/mol. The Balaban J connectivity index is 1.64. The normalized spacial score (nSPS) is 14.2. The van der Waals surface area contributed by atoms with Gasteiger partial charge in [0, 0.05) is 25.1 Å². The summed E-state index contributed by atoms with van der Waals surface area (Å²) in [6.07, 6.45) is -3.05. The molecule has 0 aliphatic carbocycles. The van der Waals surface area contributed by atoms with Crippen LogP contribution in [0.1, 0.15) is 28.8 Å². The molecule has 1 aliphatic rings. The van der Waals surface area contributed by atoms with Crippen molar-refractivity contribution in [2.24, 2.45) is 0 Å². The molecule has 0 atom stereocenters. The quantitative estimate of drug-likeness (QED) is 0.808. The van der Waals surface area contributed by atoms with E-state index < -0.39 is 18.7 Å². The third-order valence-electron chi connectivity index (χ3n) is 4.29. The van der Waals surface area contributed by atoms with Gasteiger partial charge in [-0.1, -0.05) is 24.3 Å². The van der Waals surface area contributed by atoms with Crippen LogP contribution in [0.2, 0.25) is 0 Å². The van der Waals surface area contributed by atoms with E-state index in [0.717, 1.165) is 18.5 Å². The van der Waals surface area contributed by atoms with Gasteiger partial charge in [0.1, 0.15) is 5.75 Å². The SMILES string of the molecule is O=C(Nc1ccccc1OCC(F)(F)F)c1ccc(CN2CCCC2=O)cc1. The summed E-state index contributed by atoms with van der Waals surface area (Å²) in [5.74, 6) is -0.401. The number of para-hydroxylation sites is 2. The molecule has 2 aromatic rings. The van der Waals surface area contributed by atoms with Crippen LogP contribution in [0.5, 0.6) is 5.75 Å². The Kier molecular flexibility index (Phi) is 5.87. The Labute approximate surface area is 160 Å². The summed E-state index contributed by atoms with van der Waals surface area (Å²) < 4.78 is 41.9. The van der Waals surface area contributed by atoms with Crippen molar-refractivity contribution in [3.8, 4) is 5.75 Å². The Hall–Kier alpha value is -3.03. The van der Waals surface area contributed by atoms with E-state index in [1.165, 1.54) is 18.2 Å². The molecule has 0 radical (unpaired) electrons. The van der Waals surface area contributed by atoms with E-state index in [2.05, 4.69) is 5.32 Å². The van der Waals surface area contributed by atoms with Crippen molar-refractivity contribution in [2.75, 3.05) is 18.5 Å². The molecule has 0 unspecified atom stereocenters. The van der Waals surface area contributed by atoms with Crippen LogP contribution in [0, 0.1) is 0 Å². The lowest BCUT2D eigenvalue weighted by Gasteiger charge is -2.16. The van der Waals surface area contributed by atoms with E-state index in [1.54, 1.807) is 35.2 Å². The molecule has 1 N–H and O–H groups in total. The molecule has 148 valence electrons. The first-order valence-corrected chi connectivity index (χ1v) is 8.78. The number of nitrogens with zero attached hydrogens (tertiary/aromatic N) is 1. The lowest BCUT2D eigenvalue weighted by Crippen LogP contribution is -2.23. The molecule has 0 spiro atoms. The van der Waals surface area contributed by atoms with E-state index in [4.69, 9.17) is 4.74 Å². The molecule has 0 bridgehead atoms. The summed E-state index contributed by atoms with van der Waals surface area (Å²) in [5.41, 5.74) is 1.41. The van der Waals surface area contributed by atoms with Crippen molar-refractivity contribution in [3.05, 3.63) is 59.7 Å². The number of benzene rings is 2. The largest absolute Gasteiger partial charge is 0.482 e. The zero-order valence-electron chi connectivity index (χ0n) is 15.0. The molecular formula is C20H19F3N2O3. The first-order chi connectivity index (χ1) is 13.3. The number of amides is 2. The Morgan fingerprint density at radius 1 is 1.11 bits per heavy atom. The first-order valence-electron chi connectivity index (χ1n) is 8.78. The predicted molar refractivity (Wildman–Crippen MR) is 97.0 cm³/mol. The maximum Gasteiger partial charge on any atom is 0.422 e. The van der Waals surface area contributed by atoms with Gasteiger partial charge in [0.05, 0.1) is 5.69 Å². The third kappa shape index (κ3) is 5.25. The number of ether oxygens (including phenoxy) is 1. The lowest BCUT2D eigenvalue weighted by molar-refractivity contribution is -0.153. The van der Waals surface area contributed by atoms with Crippen molar-refractivity contribution in [3.63, 3.8) is 0 Å². The minimum Gasteiger partial charge on any atom is -0.482 e. The zero-order valence-corrected chi connectivity index (χ0v) is 15.0. The van der Waals surface area contributed by atoms with E-state index in [-0.39, 0.29) is 17.3 Å². The third-order valence-corrected chi connectivity index (χ3v) is 4.29. The molecule has 1 aliphatic heterocycles. The van der Waals surface area contributed by atoms with Gasteiger partial charge in [-0.05, 0) is 36.2 Å². The Bertz CT molecular complexity index is 851. The van der Waals surface area contributed by atoms with Gasteiger partial charge in [-0.25, -0.2) is 0 Å². The number of rotatable bonds is 6. The molecule has 3 rings (SSSR count). The highest BCUT2D eigenvalue weighted by Gasteiger charge is 2.29. The Morgan fingerprint density at radius 3 is 2.46 bits per heavy atom. The van der Waals surface area contributed by atoms with Gasteiger partial charge >= 0.3 is 6.18 Å². The van der Waals surface area contributed by atoms with Crippen LogP contribution in [-0.2, 0) is 11.3 Å². The predicted octanol–water partition coefficient (Wildman–Crippen LogP) is 4.00. The van der Waals surface area contributed by atoms with Crippen molar-refractivity contribution in [1.82, 2.24) is 4.90 Å². The van der Waals surface area contributed by atoms with Gasteiger partial charge in [-0.15, -0.1) is 0 Å². The van der Waals surface area contributed by atoms with Crippen molar-refractivity contribution in [1.29, 1.82) is 0 Å². The number of hydrogen-bond donors (Lipinski definition) is 1. The van der Waals surface area contributed by atoms with Gasteiger partial charge in [-0.3, -0.25) is 9.59 Å². The average Bonchev–Trinajstić information content (AvgIpc) is 3.05. The van der Waals surface area contributed by atoms with E-state index >= 15 is 0 Å². The standard InChI is InChI=1S/C20H19F3N2O3/c21-20(22,23)13-28-17-5-2-1-4-16(17)24-19(27)15-9-7-14(8-10-15)12-25-11-3-6-18(25)26/h1-2,4-5,7-10H,3,6,11-13H2,(H,24,27). The van der Waals surface area contributed by atoms with Crippen molar-refractivity contribution >= 4 is 17.5 Å². The maximum absolute atomic E-state index is 12.4. The molecule has 8 heteroatoms. The number of carbonyl (C=O) groups is 2. The fourth-order valence-corrected chi connectivity index (χ4v) is 2.90. The Morgan fingerprint density at radius 2 is 1.82 bits per heavy atom. The fourth-order valence-electron chi connectivity index (χ4n) is 2.90. The molecule has 1 saturated heterocycles. The minimum absolute atomic E-state index is 0.0580. The number of carbonyl (C=O) groups excluding carboxylic acids is 2. The second-order valence-electron chi connectivity index (χ2n) is 6.47. The van der Waals surface area contributed by atoms with Gasteiger partial charge < -0.3 is 15.0 Å².